The lowest BCUT2D eigenvalue weighted by Crippen LogP contribution is -2.40. The van der Waals surface area contributed by atoms with E-state index < -0.39 is 0 Å². The second-order valence-corrected chi connectivity index (χ2v) is 4.49. The lowest BCUT2D eigenvalue weighted by atomic mass is 9.94. The molecule has 15 heavy (non-hydrogen) atoms. The summed E-state index contributed by atoms with van der Waals surface area (Å²) in [5.41, 5.74) is 0. The van der Waals surface area contributed by atoms with Crippen LogP contribution in [0, 0.1) is 5.92 Å². The number of aromatic nitrogens is 2. The number of fused-ring (bicyclic) bond motifs is 1. The summed E-state index contributed by atoms with van der Waals surface area (Å²) < 4.78 is 5.03. The summed E-state index contributed by atoms with van der Waals surface area (Å²) in [5, 5.41) is 7.21. The third-order valence-corrected chi connectivity index (χ3v) is 3.44. The Balaban J connectivity index is 1.60. The molecule has 2 atom stereocenters. The molecule has 2 aliphatic heterocycles. The maximum absolute atomic E-state index is 5.03. The second kappa shape index (κ2) is 3.90. The van der Waals surface area contributed by atoms with Crippen molar-refractivity contribution in [1.29, 1.82) is 0 Å². The third kappa shape index (κ3) is 1.89. The van der Waals surface area contributed by atoms with Crippen molar-refractivity contribution in [2.75, 3.05) is 19.6 Å². The second-order valence-electron chi connectivity index (χ2n) is 4.49. The summed E-state index contributed by atoms with van der Waals surface area (Å²) >= 11 is 0. The molecular formula is C10H16N4O. The molecule has 0 saturated carbocycles. The Morgan fingerprint density at radius 2 is 2.53 bits per heavy atom. The number of hydrogen-bond acceptors (Lipinski definition) is 5. The van der Waals surface area contributed by atoms with Gasteiger partial charge in [-0.1, -0.05) is 5.16 Å². The molecular weight excluding hydrogens is 192 g/mol. The topological polar surface area (TPSA) is 54.2 Å². The molecule has 0 spiro atoms. The van der Waals surface area contributed by atoms with E-state index in [0.29, 0.717) is 6.04 Å². The molecule has 2 aliphatic rings. The summed E-state index contributed by atoms with van der Waals surface area (Å²) in [5.74, 6) is 1.55. The molecule has 0 aliphatic carbocycles. The first kappa shape index (κ1) is 9.30. The Hall–Kier alpha value is -0.940. The van der Waals surface area contributed by atoms with E-state index in [2.05, 4.69) is 20.4 Å². The van der Waals surface area contributed by atoms with E-state index in [1.165, 1.54) is 32.3 Å². The molecule has 1 N–H and O–H groups in total. The Morgan fingerprint density at radius 1 is 1.53 bits per heavy atom. The van der Waals surface area contributed by atoms with Crippen molar-refractivity contribution < 1.29 is 4.52 Å². The van der Waals surface area contributed by atoms with Gasteiger partial charge < -0.3 is 9.84 Å². The standard InChI is InChI=1S/C10H16N4O/c1-2-8-4-14(5-9(8)11-3-1)6-10-12-7-13-15-10/h7-9,11H,1-6H2/t8-,9+/m0/s1. The van der Waals surface area contributed by atoms with Crippen LogP contribution in [0.15, 0.2) is 10.9 Å². The summed E-state index contributed by atoms with van der Waals surface area (Å²) in [4.78, 5) is 6.46. The van der Waals surface area contributed by atoms with Crippen molar-refractivity contribution >= 4 is 0 Å². The van der Waals surface area contributed by atoms with Crippen LogP contribution in [0.2, 0.25) is 0 Å². The van der Waals surface area contributed by atoms with Gasteiger partial charge >= 0.3 is 0 Å². The maximum atomic E-state index is 5.03. The lowest BCUT2D eigenvalue weighted by Gasteiger charge is -2.24. The van der Waals surface area contributed by atoms with Crippen LogP contribution in [0.1, 0.15) is 18.7 Å². The molecule has 0 amide bonds. The molecule has 5 heteroatoms. The van der Waals surface area contributed by atoms with Gasteiger partial charge in [-0.05, 0) is 25.3 Å². The zero-order chi connectivity index (χ0) is 10.1. The third-order valence-electron chi connectivity index (χ3n) is 3.44. The highest BCUT2D eigenvalue weighted by molar-refractivity contribution is 4.92. The molecule has 0 radical (unpaired) electrons. The van der Waals surface area contributed by atoms with Crippen molar-refractivity contribution in [2.24, 2.45) is 5.92 Å². The largest absolute Gasteiger partial charge is 0.338 e. The van der Waals surface area contributed by atoms with Gasteiger partial charge in [-0.2, -0.15) is 4.98 Å². The van der Waals surface area contributed by atoms with E-state index in [4.69, 9.17) is 4.52 Å². The van der Waals surface area contributed by atoms with Crippen LogP contribution in [0.5, 0.6) is 0 Å². The first-order chi connectivity index (χ1) is 7.42. The highest BCUT2D eigenvalue weighted by atomic mass is 16.5. The first-order valence-electron chi connectivity index (χ1n) is 5.63. The number of nitrogens with one attached hydrogen (secondary N) is 1. The SMILES string of the molecule is c1noc(CN2C[C@@H]3CCCN[C@@H]3C2)n1. The van der Waals surface area contributed by atoms with Gasteiger partial charge in [-0.15, -0.1) is 0 Å². The fourth-order valence-electron chi connectivity index (χ4n) is 2.72. The zero-order valence-electron chi connectivity index (χ0n) is 8.72. The van der Waals surface area contributed by atoms with E-state index >= 15 is 0 Å². The van der Waals surface area contributed by atoms with Gasteiger partial charge in [-0.3, -0.25) is 4.90 Å². The molecule has 0 unspecified atom stereocenters. The molecule has 0 bridgehead atoms. The summed E-state index contributed by atoms with van der Waals surface area (Å²) in [7, 11) is 0. The molecule has 3 heterocycles. The van der Waals surface area contributed by atoms with Crippen molar-refractivity contribution in [2.45, 2.75) is 25.4 Å². The van der Waals surface area contributed by atoms with Gasteiger partial charge in [0.25, 0.3) is 0 Å². The predicted molar refractivity (Wildman–Crippen MR) is 54.1 cm³/mol. The molecule has 1 aromatic heterocycles. The average Bonchev–Trinajstić information content (AvgIpc) is 2.86. The number of piperidine rings is 1. The van der Waals surface area contributed by atoms with Gasteiger partial charge in [-0.25, -0.2) is 0 Å². The summed E-state index contributed by atoms with van der Waals surface area (Å²) in [6.45, 7) is 4.26. The van der Waals surface area contributed by atoms with E-state index in [0.717, 1.165) is 24.9 Å². The Bertz CT molecular complexity index is 299. The van der Waals surface area contributed by atoms with Gasteiger partial charge in [0, 0.05) is 19.1 Å². The monoisotopic (exact) mass is 208 g/mol. The molecule has 3 rings (SSSR count). The van der Waals surface area contributed by atoms with Gasteiger partial charge in [0.15, 0.2) is 6.33 Å². The molecule has 0 aromatic carbocycles. The number of likely N-dealkylation sites (tertiary alicyclic amines) is 1. The van der Waals surface area contributed by atoms with Crippen LogP contribution >= 0.6 is 0 Å². The maximum Gasteiger partial charge on any atom is 0.240 e. The van der Waals surface area contributed by atoms with Crippen LogP contribution in [0.3, 0.4) is 0 Å². The molecule has 2 fully saturated rings. The first-order valence-corrected chi connectivity index (χ1v) is 5.63. The fraction of sp³-hybridized carbons (Fsp3) is 0.800. The summed E-state index contributed by atoms with van der Waals surface area (Å²) in [6, 6.07) is 0.682. The zero-order valence-corrected chi connectivity index (χ0v) is 8.72. The number of hydrogen-bond donors (Lipinski definition) is 1. The van der Waals surface area contributed by atoms with Crippen LogP contribution in [-0.4, -0.2) is 40.7 Å². The van der Waals surface area contributed by atoms with Crippen LogP contribution in [0.25, 0.3) is 0 Å². The van der Waals surface area contributed by atoms with Crippen LogP contribution in [0.4, 0.5) is 0 Å². The minimum Gasteiger partial charge on any atom is -0.338 e. The Labute approximate surface area is 88.8 Å². The smallest absolute Gasteiger partial charge is 0.240 e. The van der Waals surface area contributed by atoms with E-state index in [-0.39, 0.29) is 0 Å². The Kier molecular flexibility index (Phi) is 2.42. The lowest BCUT2D eigenvalue weighted by molar-refractivity contribution is 0.259. The fourth-order valence-corrected chi connectivity index (χ4v) is 2.72. The quantitative estimate of drug-likeness (QED) is 0.755. The number of nitrogens with zero attached hydrogens (tertiary/aromatic N) is 3. The molecule has 82 valence electrons. The van der Waals surface area contributed by atoms with E-state index in [9.17, 15) is 0 Å². The minimum atomic E-state index is 0.682. The van der Waals surface area contributed by atoms with Gasteiger partial charge in [0.1, 0.15) is 0 Å². The van der Waals surface area contributed by atoms with Crippen LogP contribution in [-0.2, 0) is 6.54 Å². The molecule has 5 nitrogen and oxygen atoms in total. The Morgan fingerprint density at radius 3 is 3.33 bits per heavy atom. The highest BCUT2D eigenvalue weighted by Crippen LogP contribution is 2.25. The van der Waals surface area contributed by atoms with Gasteiger partial charge in [0.05, 0.1) is 6.54 Å². The highest BCUT2D eigenvalue weighted by Gasteiger charge is 2.34. The predicted octanol–water partition coefficient (Wildman–Crippen LogP) is 0.253. The average molecular weight is 208 g/mol. The minimum absolute atomic E-state index is 0.682. The summed E-state index contributed by atoms with van der Waals surface area (Å²) in [6.07, 6.45) is 4.14. The van der Waals surface area contributed by atoms with E-state index in [1.54, 1.807) is 0 Å². The normalized spacial score (nSPS) is 31.7. The van der Waals surface area contributed by atoms with E-state index in [1.807, 2.05) is 0 Å². The molecule has 2 saturated heterocycles. The van der Waals surface area contributed by atoms with Crippen molar-refractivity contribution in [3.05, 3.63) is 12.2 Å². The van der Waals surface area contributed by atoms with Crippen molar-refractivity contribution in [3.63, 3.8) is 0 Å². The van der Waals surface area contributed by atoms with Crippen molar-refractivity contribution in [1.82, 2.24) is 20.4 Å². The molecule has 1 aromatic rings. The van der Waals surface area contributed by atoms with Crippen molar-refractivity contribution in [3.8, 4) is 0 Å². The van der Waals surface area contributed by atoms with Crippen LogP contribution < -0.4 is 5.32 Å². The van der Waals surface area contributed by atoms with Gasteiger partial charge in [0.2, 0.25) is 5.89 Å². The number of rotatable bonds is 2.